The molecule has 0 unspecified atom stereocenters. The van der Waals surface area contributed by atoms with Gasteiger partial charge in [-0.1, -0.05) is 5.10 Å². The van der Waals surface area contributed by atoms with Gasteiger partial charge in [-0.05, 0) is 0 Å². The molecule has 7 heteroatoms. The molecule has 1 N–H and O–H groups in total. The van der Waals surface area contributed by atoms with Crippen LogP contribution in [-0.2, 0) is 14.3 Å². The van der Waals surface area contributed by atoms with Crippen molar-refractivity contribution in [3.05, 3.63) is 5.89 Å². The lowest BCUT2D eigenvalue weighted by Gasteiger charge is -2.10. The van der Waals surface area contributed by atoms with Gasteiger partial charge in [-0.3, -0.25) is 10.1 Å². The molecule has 1 aromatic heterocycles. The Bertz CT molecular complexity index is 308. The third-order valence-electron chi connectivity index (χ3n) is 1.40. The maximum Gasteiger partial charge on any atom is 0.322 e. The van der Waals surface area contributed by atoms with Gasteiger partial charge in [0.2, 0.25) is 12.2 Å². The Morgan fingerprint density at radius 2 is 2.07 bits per heavy atom. The Morgan fingerprint density at radius 1 is 1.43 bits per heavy atom. The number of methoxy groups -OCH3 is 2. The van der Waals surface area contributed by atoms with Crippen molar-refractivity contribution >= 4 is 11.9 Å². The van der Waals surface area contributed by atoms with Crippen molar-refractivity contribution in [1.82, 2.24) is 10.2 Å². The molecule has 0 aromatic carbocycles. The van der Waals surface area contributed by atoms with Crippen LogP contribution in [0.15, 0.2) is 4.42 Å². The van der Waals surface area contributed by atoms with Crippen molar-refractivity contribution in [2.75, 3.05) is 19.5 Å². The Balaban J connectivity index is 2.56. The van der Waals surface area contributed by atoms with E-state index in [9.17, 15) is 4.79 Å². The van der Waals surface area contributed by atoms with Crippen LogP contribution in [-0.4, -0.2) is 36.6 Å². The predicted octanol–water partition coefficient (Wildman–Crippen LogP) is -0.0646. The van der Waals surface area contributed by atoms with Crippen LogP contribution in [0.4, 0.5) is 6.01 Å². The van der Waals surface area contributed by atoms with E-state index in [1.54, 1.807) is 6.92 Å². The Labute approximate surface area is 80.4 Å². The number of carbonyl (C=O) groups is 1. The highest BCUT2D eigenvalue weighted by Gasteiger charge is 2.18. The molecular formula is C7H11N3O4. The Kier molecular flexibility index (Phi) is 3.55. The highest BCUT2D eigenvalue weighted by Crippen LogP contribution is 2.05. The molecule has 0 radical (unpaired) electrons. The normalized spacial score (nSPS) is 10.6. The number of anilines is 1. The maximum absolute atomic E-state index is 11.3. The molecule has 1 heterocycles. The number of rotatable bonds is 4. The van der Waals surface area contributed by atoms with Gasteiger partial charge in [-0.15, -0.1) is 5.10 Å². The van der Waals surface area contributed by atoms with E-state index in [2.05, 4.69) is 15.5 Å². The molecule has 0 saturated heterocycles. The van der Waals surface area contributed by atoms with Gasteiger partial charge in [0, 0.05) is 21.1 Å². The van der Waals surface area contributed by atoms with Gasteiger partial charge >= 0.3 is 6.01 Å². The fraction of sp³-hybridized carbons (Fsp3) is 0.571. The number of ether oxygens (including phenoxy) is 2. The summed E-state index contributed by atoms with van der Waals surface area (Å²) >= 11 is 0. The first-order valence-electron chi connectivity index (χ1n) is 3.84. The summed E-state index contributed by atoms with van der Waals surface area (Å²) in [6.45, 7) is 1.62. The lowest BCUT2D eigenvalue weighted by Crippen LogP contribution is -2.31. The molecule has 1 rings (SSSR count). The van der Waals surface area contributed by atoms with Crippen LogP contribution in [0.1, 0.15) is 5.89 Å². The summed E-state index contributed by atoms with van der Waals surface area (Å²) < 4.78 is 14.4. The van der Waals surface area contributed by atoms with Crippen molar-refractivity contribution in [3.8, 4) is 0 Å². The molecule has 0 bridgehead atoms. The second kappa shape index (κ2) is 4.68. The molecule has 1 amide bonds. The number of carbonyl (C=O) groups excluding carboxylic acids is 1. The van der Waals surface area contributed by atoms with Crippen molar-refractivity contribution in [2.24, 2.45) is 0 Å². The van der Waals surface area contributed by atoms with Crippen LogP contribution in [0.3, 0.4) is 0 Å². The summed E-state index contributed by atoms with van der Waals surface area (Å²) in [5.74, 6) is -0.134. The van der Waals surface area contributed by atoms with Crippen molar-refractivity contribution in [1.29, 1.82) is 0 Å². The third-order valence-corrected chi connectivity index (χ3v) is 1.40. The van der Waals surface area contributed by atoms with E-state index in [1.165, 1.54) is 14.2 Å². The SMILES string of the molecule is COC(OC)C(=O)Nc1nnc(C)o1. The largest absolute Gasteiger partial charge is 0.408 e. The molecule has 7 nitrogen and oxygen atoms in total. The molecule has 14 heavy (non-hydrogen) atoms. The first kappa shape index (κ1) is 10.6. The third kappa shape index (κ3) is 2.51. The molecule has 0 aliphatic heterocycles. The first-order chi connectivity index (χ1) is 6.67. The van der Waals surface area contributed by atoms with Gasteiger partial charge in [0.15, 0.2) is 0 Å². The van der Waals surface area contributed by atoms with Gasteiger partial charge in [-0.2, -0.15) is 0 Å². The summed E-state index contributed by atoms with van der Waals surface area (Å²) in [6, 6.07) is 0.0200. The predicted molar refractivity (Wildman–Crippen MR) is 45.5 cm³/mol. The summed E-state index contributed by atoms with van der Waals surface area (Å²) in [6.07, 6.45) is -0.984. The highest BCUT2D eigenvalue weighted by molar-refractivity contribution is 5.91. The molecule has 0 aliphatic carbocycles. The first-order valence-corrected chi connectivity index (χ1v) is 3.84. The van der Waals surface area contributed by atoms with Crippen LogP contribution in [0.2, 0.25) is 0 Å². The van der Waals surface area contributed by atoms with Crippen LogP contribution in [0.5, 0.6) is 0 Å². The molecule has 1 aromatic rings. The van der Waals surface area contributed by atoms with Gasteiger partial charge in [0.1, 0.15) is 0 Å². The minimum atomic E-state index is -0.984. The summed E-state index contributed by atoms with van der Waals surface area (Å²) in [4.78, 5) is 11.3. The van der Waals surface area contributed by atoms with Gasteiger partial charge in [0.25, 0.3) is 5.91 Å². The van der Waals surface area contributed by atoms with Crippen LogP contribution >= 0.6 is 0 Å². The number of aromatic nitrogens is 2. The van der Waals surface area contributed by atoms with Crippen LogP contribution in [0, 0.1) is 6.92 Å². The lowest BCUT2D eigenvalue weighted by atomic mass is 10.6. The van der Waals surface area contributed by atoms with E-state index >= 15 is 0 Å². The standard InChI is InChI=1S/C7H11N3O4/c1-4-9-10-7(14-4)8-5(11)6(12-2)13-3/h6H,1-3H3,(H,8,10,11). The zero-order valence-corrected chi connectivity index (χ0v) is 8.10. The van der Waals surface area contributed by atoms with Crippen LogP contribution in [0.25, 0.3) is 0 Å². The average molecular weight is 201 g/mol. The zero-order valence-electron chi connectivity index (χ0n) is 8.10. The van der Waals surface area contributed by atoms with Gasteiger partial charge in [-0.25, -0.2) is 0 Å². The summed E-state index contributed by atoms with van der Waals surface area (Å²) in [7, 11) is 2.71. The molecule has 0 aliphatic rings. The molecular weight excluding hydrogens is 190 g/mol. The average Bonchev–Trinajstić information content (AvgIpc) is 2.53. The quantitative estimate of drug-likeness (QED) is 0.686. The van der Waals surface area contributed by atoms with E-state index in [0.717, 1.165) is 0 Å². The zero-order chi connectivity index (χ0) is 10.6. The topological polar surface area (TPSA) is 86.5 Å². The number of hydrogen-bond donors (Lipinski definition) is 1. The molecule has 78 valence electrons. The maximum atomic E-state index is 11.3. The second-order valence-electron chi connectivity index (χ2n) is 2.42. The van der Waals surface area contributed by atoms with Crippen molar-refractivity contribution < 1.29 is 18.7 Å². The molecule has 0 saturated carbocycles. The van der Waals surface area contributed by atoms with Gasteiger partial charge in [0.05, 0.1) is 0 Å². The van der Waals surface area contributed by atoms with Gasteiger partial charge < -0.3 is 13.9 Å². The molecule has 0 spiro atoms. The number of hydrogen-bond acceptors (Lipinski definition) is 6. The molecule has 0 atom stereocenters. The molecule has 0 fully saturated rings. The summed E-state index contributed by atoms with van der Waals surface area (Å²) in [5, 5.41) is 9.45. The fourth-order valence-electron chi connectivity index (χ4n) is 0.822. The van der Waals surface area contributed by atoms with E-state index in [4.69, 9.17) is 13.9 Å². The van der Waals surface area contributed by atoms with Crippen molar-refractivity contribution in [3.63, 3.8) is 0 Å². The second-order valence-corrected chi connectivity index (χ2v) is 2.42. The van der Waals surface area contributed by atoms with Crippen LogP contribution < -0.4 is 5.32 Å². The fourth-order valence-corrected chi connectivity index (χ4v) is 0.822. The number of nitrogens with one attached hydrogen (secondary N) is 1. The number of nitrogens with zero attached hydrogens (tertiary/aromatic N) is 2. The smallest absolute Gasteiger partial charge is 0.322 e. The van der Waals surface area contributed by atoms with E-state index < -0.39 is 12.2 Å². The minimum absolute atomic E-state index is 0.0200. The lowest BCUT2D eigenvalue weighted by molar-refractivity contribution is -0.153. The number of aryl methyl sites for hydroxylation is 1. The summed E-state index contributed by atoms with van der Waals surface area (Å²) in [5.41, 5.74) is 0. The Morgan fingerprint density at radius 3 is 2.50 bits per heavy atom. The monoisotopic (exact) mass is 201 g/mol. The Hall–Kier alpha value is -1.47. The minimum Gasteiger partial charge on any atom is -0.408 e. The van der Waals surface area contributed by atoms with Crippen molar-refractivity contribution in [2.45, 2.75) is 13.2 Å². The van der Waals surface area contributed by atoms with E-state index in [0.29, 0.717) is 5.89 Å². The van der Waals surface area contributed by atoms with E-state index in [-0.39, 0.29) is 6.01 Å². The highest BCUT2D eigenvalue weighted by atomic mass is 16.7. The van der Waals surface area contributed by atoms with E-state index in [1.807, 2.05) is 0 Å². The number of amides is 1.